The van der Waals surface area contributed by atoms with Crippen LogP contribution in [0, 0.1) is 0 Å². The van der Waals surface area contributed by atoms with E-state index in [1.54, 1.807) is 0 Å². The Labute approximate surface area is 96.6 Å². The first kappa shape index (κ1) is 10.7. The fraction of sp³-hybridized carbons (Fsp3) is 0.214. The molecule has 0 fully saturated rings. The second kappa shape index (κ2) is 4.79. The second-order valence-electron chi connectivity index (χ2n) is 3.99. The van der Waals surface area contributed by atoms with E-state index >= 15 is 0 Å². The molecule has 0 unspecified atom stereocenters. The topological polar surface area (TPSA) is 15.6 Å². The van der Waals surface area contributed by atoms with Gasteiger partial charge >= 0.3 is 0 Å². The Morgan fingerprint density at radius 2 is 1.88 bits per heavy atom. The molecule has 0 spiro atoms. The van der Waals surface area contributed by atoms with Crippen LogP contribution in [-0.4, -0.2) is 25.2 Å². The van der Waals surface area contributed by atoms with Crippen molar-refractivity contribution in [1.29, 1.82) is 0 Å². The number of benzene rings is 1. The van der Waals surface area contributed by atoms with Gasteiger partial charge in [0.15, 0.2) is 0 Å². The van der Waals surface area contributed by atoms with Crippen molar-refractivity contribution < 1.29 is 0 Å². The minimum absolute atomic E-state index is 0.932. The number of hydrogen-bond donors (Lipinski definition) is 0. The Morgan fingerprint density at radius 3 is 2.56 bits per heavy atom. The lowest BCUT2D eigenvalue weighted by molar-refractivity contribution is 0.504. The van der Waals surface area contributed by atoms with Crippen molar-refractivity contribution >= 4 is 12.3 Å². The van der Waals surface area contributed by atoms with Crippen LogP contribution in [0.15, 0.2) is 52.8 Å². The summed E-state index contributed by atoms with van der Waals surface area (Å²) in [6.07, 6.45) is 7.07. The standard InChI is InChI=1S/C14H16N2/c1-16(2)14-10-11-15-13(14)9-8-12-6-4-3-5-7-12/h3-9,11H,10H2,1-2H3. The van der Waals surface area contributed by atoms with Crippen LogP contribution in [0.1, 0.15) is 12.0 Å². The summed E-state index contributed by atoms with van der Waals surface area (Å²) < 4.78 is 0. The summed E-state index contributed by atoms with van der Waals surface area (Å²) >= 11 is 0. The van der Waals surface area contributed by atoms with Gasteiger partial charge in [-0.2, -0.15) is 0 Å². The Hall–Kier alpha value is -1.83. The van der Waals surface area contributed by atoms with Crippen LogP contribution in [0.4, 0.5) is 0 Å². The van der Waals surface area contributed by atoms with Crippen LogP contribution in [0.25, 0.3) is 6.08 Å². The second-order valence-corrected chi connectivity index (χ2v) is 3.99. The highest BCUT2D eigenvalue weighted by Crippen LogP contribution is 2.19. The highest BCUT2D eigenvalue weighted by molar-refractivity contribution is 5.69. The molecule has 1 heterocycles. The maximum absolute atomic E-state index is 4.38. The molecule has 2 rings (SSSR count). The predicted molar refractivity (Wildman–Crippen MR) is 69.3 cm³/mol. The number of aliphatic imine (C=N–C) groups is 1. The van der Waals surface area contributed by atoms with E-state index in [1.807, 2.05) is 24.4 Å². The summed E-state index contributed by atoms with van der Waals surface area (Å²) in [5.41, 5.74) is 3.54. The summed E-state index contributed by atoms with van der Waals surface area (Å²) in [4.78, 5) is 6.50. The maximum Gasteiger partial charge on any atom is 0.0820 e. The Balaban J connectivity index is 2.18. The van der Waals surface area contributed by atoms with E-state index in [4.69, 9.17) is 0 Å². The Kier molecular flexibility index (Phi) is 3.20. The average Bonchev–Trinajstić information content (AvgIpc) is 2.76. The van der Waals surface area contributed by atoms with Gasteiger partial charge in [-0.1, -0.05) is 36.4 Å². The van der Waals surface area contributed by atoms with Crippen molar-refractivity contribution in [1.82, 2.24) is 4.90 Å². The van der Waals surface area contributed by atoms with E-state index in [9.17, 15) is 0 Å². The minimum Gasteiger partial charge on any atom is -0.379 e. The number of rotatable bonds is 3. The zero-order valence-corrected chi connectivity index (χ0v) is 9.72. The Morgan fingerprint density at radius 1 is 1.12 bits per heavy atom. The van der Waals surface area contributed by atoms with Crippen molar-refractivity contribution in [3.8, 4) is 0 Å². The molecule has 0 radical (unpaired) electrons. The molecule has 82 valence electrons. The van der Waals surface area contributed by atoms with Gasteiger partial charge in [-0.05, 0) is 11.6 Å². The van der Waals surface area contributed by atoms with Gasteiger partial charge in [-0.3, -0.25) is 4.99 Å². The zero-order chi connectivity index (χ0) is 11.4. The van der Waals surface area contributed by atoms with Gasteiger partial charge in [0.05, 0.1) is 5.70 Å². The van der Waals surface area contributed by atoms with Crippen LogP contribution in [0.2, 0.25) is 0 Å². The van der Waals surface area contributed by atoms with E-state index in [0.29, 0.717) is 0 Å². The number of hydrogen-bond acceptors (Lipinski definition) is 2. The molecule has 1 aromatic carbocycles. The maximum atomic E-state index is 4.38. The highest BCUT2D eigenvalue weighted by atomic mass is 15.1. The molecule has 2 heteroatoms. The monoisotopic (exact) mass is 212 g/mol. The molecule has 1 aliphatic heterocycles. The van der Waals surface area contributed by atoms with Gasteiger partial charge in [0.25, 0.3) is 0 Å². The molecule has 0 bridgehead atoms. The molecule has 1 aliphatic rings. The lowest BCUT2D eigenvalue weighted by Crippen LogP contribution is -2.10. The van der Waals surface area contributed by atoms with E-state index in [-0.39, 0.29) is 0 Å². The Bertz CT molecular complexity index is 439. The molecule has 1 aromatic rings. The number of nitrogens with zero attached hydrogens (tertiary/aromatic N) is 2. The highest BCUT2D eigenvalue weighted by Gasteiger charge is 2.09. The molecule has 0 saturated heterocycles. The molecule has 0 aliphatic carbocycles. The molecule has 0 aromatic heterocycles. The third kappa shape index (κ3) is 2.40. The lowest BCUT2D eigenvalue weighted by Gasteiger charge is -2.13. The summed E-state index contributed by atoms with van der Waals surface area (Å²) in [5, 5.41) is 0. The van der Waals surface area contributed by atoms with E-state index in [1.165, 1.54) is 11.3 Å². The molecule has 2 nitrogen and oxygen atoms in total. The van der Waals surface area contributed by atoms with E-state index in [2.05, 4.69) is 48.3 Å². The fourth-order valence-corrected chi connectivity index (χ4v) is 1.70. The van der Waals surface area contributed by atoms with Crippen molar-refractivity contribution in [3.63, 3.8) is 0 Å². The van der Waals surface area contributed by atoms with Gasteiger partial charge in [0.1, 0.15) is 0 Å². The predicted octanol–water partition coefficient (Wildman–Crippen LogP) is 2.95. The van der Waals surface area contributed by atoms with Crippen LogP contribution >= 0.6 is 0 Å². The van der Waals surface area contributed by atoms with Crippen LogP contribution in [-0.2, 0) is 0 Å². The van der Waals surface area contributed by atoms with Gasteiger partial charge in [0, 0.05) is 32.4 Å². The van der Waals surface area contributed by atoms with Crippen molar-refractivity contribution in [2.45, 2.75) is 6.42 Å². The quantitative estimate of drug-likeness (QED) is 0.752. The van der Waals surface area contributed by atoms with Gasteiger partial charge in [-0.15, -0.1) is 0 Å². The van der Waals surface area contributed by atoms with Crippen LogP contribution in [0.5, 0.6) is 0 Å². The van der Waals surface area contributed by atoms with Crippen molar-refractivity contribution in [2.24, 2.45) is 4.99 Å². The summed E-state index contributed by atoms with van der Waals surface area (Å²) in [6.45, 7) is 0. The third-order valence-electron chi connectivity index (χ3n) is 2.58. The SMILES string of the molecule is CN(C)C1=C(C=Cc2ccccc2)N=CC1. The summed E-state index contributed by atoms with van der Waals surface area (Å²) in [7, 11) is 4.11. The average molecular weight is 212 g/mol. The number of allylic oxidation sites excluding steroid dienone is 2. The molecule has 0 saturated carbocycles. The minimum atomic E-state index is 0.932. The van der Waals surface area contributed by atoms with Gasteiger partial charge in [0.2, 0.25) is 0 Å². The lowest BCUT2D eigenvalue weighted by atomic mass is 10.2. The fourth-order valence-electron chi connectivity index (χ4n) is 1.70. The molecule has 0 N–H and O–H groups in total. The molecule has 0 amide bonds. The van der Waals surface area contributed by atoms with Gasteiger partial charge < -0.3 is 4.90 Å². The van der Waals surface area contributed by atoms with Crippen molar-refractivity contribution in [2.75, 3.05) is 14.1 Å². The zero-order valence-electron chi connectivity index (χ0n) is 9.72. The first-order chi connectivity index (χ1) is 7.77. The van der Waals surface area contributed by atoms with Crippen LogP contribution < -0.4 is 0 Å². The summed E-state index contributed by atoms with van der Waals surface area (Å²) in [5.74, 6) is 0. The normalized spacial score (nSPS) is 15.1. The first-order valence-corrected chi connectivity index (χ1v) is 5.43. The molecular formula is C14H16N2. The van der Waals surface area contributed by atoms with Crippen molar-refractivity contribution in [3.05, 3.63) is 53.4 Å². The smallest absolute Gasteiger partial charge is 0.0820 e. The van der Waals surface area contributed by atoms with E-state index < -0.39 is 0 Å². The molecule has 0 atom stereocenters. The molecular weight excluding hydrogens is 196 g/mol. The van der Waals surface area contributed by atoms with E-state index in [0.717, 1.165) is 12.1 Å². The van der Waals surface area contributed by atoms with Gasteiger partial charge in [-0.25, -0.2) is 0 Å². The largest absolute Gasteiger partial charge is 0.379 e. The van der Waals surface area contributed by atoms with Crippen LogP contribution in [0.3, 0.4) is 0 Å². The first-order valence-electron chi connectivity index (χ1n) is 5.43. The third-order valence-corrected chi connectivity index (χ3v) is 2.58. The molecule has 16 heavy (non-hydrogen) atoms. The summed E-state index contributed by atoms with van der Waals surface area (Å²) in [6, 6.07) is 10.3.